The molecule has 24 heavy (non-hydrogen) atoms. The number of hydrogen-bond acceptors (Lipinski definition) is 4. The average Bonchev–Trinajstić information content (AvgIpc) is 2.62. The van der Waals surface area contributed by atoms with Gasteiger partial charge in [0.25, 0.3) is 5.91 Å². The SMILES string of the molecule is O=C(COc1ccccc1)NC1CCN(C2CCCCC2O)CC1. The summed E-state index contributed by atoms with van der Waals surface area (Å²) in [6.45, 7) is 1.96. The summed E-state index contributed by atoms with van der Waals surface area (Å²) >= 11 is 0. The van der Waals surface area contributed by atoms with Gasteiger partial charge in [0.15, 0.2) is 6.61 Å². The van der Waals surface area contributed by atoms with Crippen LogP contribution in [0.1, 0.15) is 38.5 Å². The molecule has 3 rings (SSSR count). The molecule has 5 nitrogen and oxygen atoms in total. The Labute approximate surface area is 144 Å². The number of amides is 1. The molecule has 1 heterocycles. The highest BCUT2D eigenvalue weighted by atomic mass is 16.5. The van der Waals surface area contributed by atoms with Gasteiger partial charge in [-0.15, -0.1) is 0 Å². The Bertz CT molecular complexity index is 515. The summed E-state index contributed by atoms with van der Waals surface area (Å²) in [5, 5.41) is 13.3. The van der Waals surface area contributed by atoms with E-state index in [4.69, 9.17) is 4.74 Å². The molecule has 1 aliphatic heterocycles. The number of nitrogens with zero attached hydrogens (tertiary/aromatic N) is 1. The maximum Gasteiger partial charge on any atom is 0.258 e. The van der Waals surface area contributed by atoms with E-state index in [1.165, 1.54) is 6.42 Å². The van der Waals surface area contributed by atoms with Crippen molar-refractivity contribution in [1.29, 1.82) is 0 Å². The molecule has 2 aliphatic rings. The lowest BCUT2D eigenvalue weighted by Crippen LogP contribution is -2.52. The van der Waals surface area contributed by atoms with Crippen LogP contribution >= 0.6 is 0 Å². The Morgan fingerprint density at radius 2 is 1.83 bits per heavy atom. The number of hydrogen-bond donors (Lipinski definition) is 2. The Balaban J connectivity index is 1.38. The first-order valence-electron chi connectivity index (χ1n) is 9.12. The van der Waals surface area contributed by atoms with Crippen molar-refractivity contribution in [3.05, 3.63) is 30.3 Å². The minimum atomic E-state index is -0.177. The van der Waals surface area contributed by atoms with Crippen LogP contribution in [0.25, 0.3) is 0 Å². The van der Waals surface area contributed by atoms with E-state index < -0.39 is 0 Å². The molecule has 1 aliphatic carbocycles. The van der Waals surface area contributed by atoms with Gasteiger partial charge in [-0.3, -0.25) is 9.69 Å². The van der Waals surface area contributed by atoms with Crippen molar-refractivity contribution in [2.45, 2.75) is 56.7 Å². The van der Waals surface area contributed by atoms with Crippen LogP contribution in [-0.4, -0.2) is 53.8 Å². The summed E-state index contributed by atoms with van der Waals surface area (Å²) in [5.74, 6) is 0.656. The van der Waals surface area contributed by atoms with Crippen LogP contribution in [0.2, 0.25) is 0 Å². The first-order chi connectivity index (χ1) is 11.7. The first kappa shape index (κ1) is 17.2. The van der Waals surface area contributed by atoms with Crippen molar-refractivity contribution in [1.82, 2.24) is 10.2 Å². The van der Waals surface area contributed by atoms with Crippen molar-refractivity contribution in [3.8, 4) is 5.75 Å². The molecule has 2 N–H and O–H groups in total. The van der Waals surface area contributed by atoms with E-state index >= 15 is 0 Å². The Kier molecular flexibility index (Phi) is 6.10. The fourth-order valence-corrected chi connectivity index (χ4v) is 3.83. The number of carbonyl (C=O) groups is 1. The lowest BCUT2D eigenvalue weighted by molar-refractivity contribution is -0.124. The molecule has 1 saturated heterocycles. The van der Waals surface area contributed by atoms with Gasteiger partial charge < -0.3 is 15.2 Å². The predicted molar refractivity (Wildman–Crippen MR) is 92.9 cm³/mol. The maximum absolute atomic E-state index is 12.0. The normalized spacial score (nSPS) is 26.0. The molecular weight excluding hydrogens is 304 g/mol. The molecule has 132 valence electrons. The second-order valence-corrected chi connectivity index (χ2v) is 6.90. The highest BCUT2D eigenvalue weighted by Crippen LogP contribution is 2.25. The van der Waals surface area contributed by atoms with Crippen LogP contribution in [0.4, 0.5) is 0 Å². The number of rotatable bonds is 5. The molecule has 1 amide bonds. The summed E-state index contributed by atoms with van der Waals surface area (Å²) in [5.41, 5.74) is 0. The van der Waals surface area contributed by atoms with Crippen LogP contribution in [0.5, 0.6) is 5.75 Å². The third-order valence-electron chi connectivity index (χ3n) is 5.17. The Hall–Kier alpha value is -1.59. The van der Waals surface area contributed by atoms with Gasteiger partial charge in [-0.05, 0) is 37.8 Å². The van der Waals surface area contributed by atoms with E-state index in [-0.39, 0.29) is 24.7 Å². The number of aliphatic hydroxyl groups is 1. The third-order valence-corrected chi connectivity index (χ3v) is 5.17. The fraction of sp³-hybridized carbons (Fsp3) is 0.632. The zero-order valence-corrected chi connectivity index (χ0v) is 14.2. The van der Waals surface area contributed by atoms with Gasteiger partial charge in [0.2, 0.25) is 0 Å². The average molecular weight is 332 g/mol. The summed E-state index contributed by atoms with van der Waals surface area (Å²) in [7, 11) is 0. The van der Waals surface area contributed by atoms with Crippen LogP contribution in [0.15, 0.2) is 30.3 Å². The standard InChI is InChI=1S/C19H28N2O3/c22-18-9-5-4-8-17(18)21-12-10-15(11-13-21)20-19(23)14-24-16-6-2-1-3-7-16/h1-3,6-7,15,17-18,22H,4-5,8-14H2,(H,20,23). The molecule has 2 unspecified atom stereocenters. The van der Waals surface area contributed by atoms with Crippen molar-refractivity contribution >= 4 is 5.91 Å². The topological polar surface area (TPSA) is 61.8 Å². The van der Waals surface area contributed by atoms with Crippen molar-refractivity contribution in [2.24, 2.45) is 0 Å². The molecule has 2 fully saturated rings. The molecule has 1 aromatic rings. The first-order valence-corrected chi connectivity index (χ1v) is 9.12. The lowest BCUT2D eigenvalue weighted by Gasteiger charge is -2.41. The molecule has 1 saturated carbocycles. The summed E-state index contributed by atoms with van der Waals surface area (Å²) in [6.07, 6.45) is 6.10. The number of para-hydroxylation sites is 1. The van der Waals surface area contributed by atoms with Gasteiger partial charge in [0, 0.05) is 25.2 Å². The minimum absolute atomic E-state index is 0.0602. The van der Waals surface area contributed by atoms with E-state index in [1.54, 1.807) is 0 Å². The molecule has 0 spiro atoms. The number of piperidine rings is 1. The monoisotopic (exact) mass is 332 g/mol. The molecule has 0 bridgehead atoms. The Morgan fingerprint density at radius 1 is 1.12 bits per heavy atom. The number of benzene rings is 1. The van der Waals surface area contributed by atoms with Crippen LogP contribution < -0.4 is 10.1 Å². The second kappa shape index (κ2) is 8.49. The van der Waals surface area contributed by atoms with Gasteiger partial charge in [-0.1, -0.05) is 31.0 Å². The maximum atomic E-state index is 12.0. The van der Waals surface area contributed by atoms with Crippen LogP contribution in [0, 0.1) is 0 Å². The lowest BCUT2D eigenvalue weighted by atomic mass is 9.89. The van der Waals surface area contributed by atoms with Crippen molar-refractivity contribution in [3.63, 3.8) is 0 Å². The smallest absolute Gasteiger partial charge is 0.258 e. The Morgan fingerprint density at radius 3 is 2.54 bits per heavy atom. The summed E-state index contributed by atoms with van der Waals surface area (Å²) < 4.78 is 5.48. The molecule has 5 heteroatoms. The van der Waals surface area contributed by atoms with E-state index in [9.17, 15) is 9.90 Å². The van der Waals surface area contributed by atoms with Gasteiger partial charge >= 0.3 is 0 Å². The summed E-state index contributed by atoms with van der Waals surface area (Å²) in [4.78, 5) is 14.4. The number of likely N-dealkylation sites (tertiary alicyclic amines) is 1. The molecule has 0 aromatic heterocycles. The van der Waals surface area contributed by atoms with Crippen LogP contribution in [0.3, 0.4) is 0 Å². The number of nitrogens with one attached hydrogen (secondary N) is 1. The number of carbonyl (C=O) groups excluding carboxylic acids is 1. The quantitative estimate of drug-likeness (QED) is 0.865. The highest BCUT2D eigenvalue weighted by Gasteiger charge is 2.31. The molecule has 0 radical (unpaired) electrons. The van der Waals surface area contributed by atoms with Crippen molar-refractivity contribution in [2.75, 3.05) is 19.7 Å². The van der Waals surface area contributed by atoms with E-state index in [1.807, 2.05) is 30.3 Å². The number of ether oxygens (including phenoxy) is 1. The van der Waals surface area contributed by atoms with Gasteiger partial charge in [-0.25, -0.2) is 0 Å². The minimum Gasteiger partial charge on any atom is -0.484 e. The summed E-state index contributed by atoms with van der Waals surface area (Å²) in [6, 6.07) is 9.93. The molecular formula is C19H28N2O3. The van der Waals surface area contributed by atoms with Gasteiger partial charge in [0.1, 0.15) is 5.75 Å². The molecule has 2 atom stereocenters. The van der Waals surface area contributed by atoms with Gasteiger partial charge in [-0.2, -0.15) is 0 Å². The fourth-order valence-electron chi connectivity index (χ4n) is 3.83. The van der Waals surface area contributed by atoms with Crippen LogP contribution in [-0.2, 0) is 4.79 Å². The molecule has 1 aromatic carbocycles. The van der Waals surface area contributed by atoms with E-state index in [0.29, 0.717) is 11.8 Å². The zero-order valence-electron chi connectivity index (χ0n) is 14.2. The largest absolute Gasteiger partial charge is 0.484 e. The van der Waals surface area contributed by atoms with E-state index in [2.05, 4.69) is 10.2 Å². The third kappa shape index (κ3) is 4.71. The predicted octanol–water partition coefficient (Wildman–Crippen LogP) is 1.95. The van der Waals surface area contributed by atoms with Crippen molar-refractivity contribution < 1.29 is 14.6 Å². The highest BCUT2D eigenvalue weighted by molar-refractivity contribution is 5.77. The van der Waals surface area contributed by atoms with E-state index in [0.717, 1.165) is 45.2 Å². The number of aliphatic hydroxyl groups excluding tert-OH is 1. The second-order valence-electron chi connectivity index (χ2n) is 6.90. The zero-order chi connectivity index (χ0) is 16.8. The van der Waals surface area contributed by atoms with Gasteiger partial charge in [0.05, 0.1) is 6.10 Å².